The van der Waals surface area contributed by atoms with E-state index in [-0.39, 0.29) is 23.3 Å². The minimum Gasteiger partial charge on any atom is -0.349 e. The zero-order chi connectivity index (χ0) is 23.2. The Labute approximate surface area is 195 Å². The van der Waals surface area contributed by atoms with Crippen LogP contribution in [0.5, 0.6) is 0 Å². The number of aryl methyl sites for hydroxylation is 2. The number of benzene rings is 2. The molecule has 0 bridgehead atoms. The summed E-state index contributed by atoms with van der Waals surface area (Å²) in [7, 11) is 0. The number of aromatic nitrogens is 1. The topological polar surface area (TPSA) is 62.3 Å². The number of amides is 2. The monoisotopic (exact) mass is 441 g/mol. The van der Waals surface area contributed by atoms with Crippen LogP contribution in [0.3, 0.4) is 0 Å². The quantitative estimate of drug-likeness (QED) is 0.624. The Morgan fingerprint density at radius 3 is 2.52 bits per heavy atom. The van der Waals surface area contributed by atoms with E-state index in [4.69, 9.17) is 0 Å². The van der Waals surface area contributed by atoms with Crippen LogP contribution >= 0.6 is 0 Å². The molecule has 1 aliphatic heterocycles. The third kappa shape index (κ3) is 4.12. The van der Waals surface area contributed by atoms with Gasteiger partial charge in [-0.05, 0) is 87.3 Å². The van der Waals surface area contributed by atoms with Gasteiger partial charge in [-0.25, -0.2) is 4.98 Å². The fourth-order valence-corrected chi connectivity index (χ4v) is 5.47. The minimum atomic E-state index is 0.0198. The van der Waals surface area contributed by atoms with Crippen molar-refractivity contribution >= 4 is 22.7 Å². The molecule has 5 heteroatoms. The second kappa shape index (κ2) is 8.29. The van der Waals surface area contributed by atoms with Gasteiger partial charge in [-0.15, -0.1) is 0 Å². The third-order valence-electron chi connectivity index (χ3n) is 7.72. The van der Waals surface area contributed by atoms with Crippen LogP contribution in [0.1, 0.15) is 63.2 Å². The van der Waals surface area contributed by atoms with Crippen LogP contribution in [-0.2, 0) is 0 Å². The normalized spacial score (nSPS) is 17.7. The van der Waals surface area contributed by atoms with Crippen molar-refractivity contribution in [2.24, 2.45) is 5.41 Å². The fraction of sp³-hybridized carbons (Fsp3) is 0.393. The van der Waals surface area contributed by atoms with Crippen LogP contribution < -0.4 is 5.32 Å². The van der Waals surface area contributed by atoms with E-state index in [1.807, 2.05) is 61.2 Å². The molecule has 1 N–H and O–H groups in total. The highest BCUT2D eigenvalue weighted by atomic mass is 16.2. The molecule has 3 aromatic rings. The molecule has 1 aliphatic carbocycles. The Balaban J connectivity index is 1.16. The molecule has 1 saturated heterocycles. The lowest BCUT2D eigenvalue weighted by Crippen LogP contribution is -2.55. The van der Waals surface area contributed by atoms with E-state index in [1.54, 1.807) is 0 Å². The number of likely N-dealkylation sites (tertiary alicyclic amines) is 1. The van der Waals surface area contributed by atoms with E-state index in [0.29, 0.717) is 5.69 Å². The third-order valence-corrected chi connectivity index (χ3v) is 7.72. The van der Waals surface area contributed by atoms with Crippen LogP contribution in [0.4, 0.5) is 0 Å². The molecule has 1 aromatic heterocycles. The molecule has 2 heterocycles. The van der Waals surface area contributed by atoms with Crippen molar-refractivity contribution in [3.05, 3.63) is 76.5 Å². The first-order valence-electron chi connectivity index (χ1n) is 11.9. The van der Waals surface area contributed by atoms with Gasteiger partial charge in [0, 0.05) is 30.1 Å². The maximum Gasteiger partial charge on any atom is 0.272 e. The molecule has 0 radical (unpaired) electrons. The molecule has 5 rings (SSSR count). The molecule has 33 heavy (non-hydrogen) atoms. The van der Waals surface area contributed by atoms with Crippen molar-refractivity contribution in [1.29, 1.82) is 0 Å². The number of nitrogens with zero attached hydrogens (tertiary/aromatic N) is 2. The molecule has 0 unspecified atom stereocenters. The zero-order valence-electron chi connectivity index (χ0n) is 19.6. The van der Waals surface area contributed by atoms with Crippen molar-refractivity contribution in [3.8, 4) is 0 Å². The number of carbonyl (C=O) groups excluding carboxylic acids is 2. The maximum absolute atomic E-state index is 13.1. The van der Waals surface area contributed by atoms with Gasteiger partial charge in [0.2, 0.25) is 0 Å². The van der Waals surface area contributed by atoms with Gasteiger partial charge in [-0.3, -0.25) is 9.59 Å². The standard InChI is InChI=1S/C28H31N3O2/c1-18-7-9-24-21(15-18)8-10-25(30-24)27(33)31-13-11-28(12-14-31)16-22(17-28)29-26(32)23-6-4-5-19(2)20(23)3/h4-10,15,22H,11-14,16-17H2,1-3H3,(H,29,32). The van der Waals surface area contributed by atoms with Gasteiger partial charge in [0.05, 0.1) is 5.52 Å². The Bertz CT molecular complexity index is 1230. The van der Waals surface area contributed by atoms with Crippen LogP contribution in [-0.4, -0.2) is 40.8 Å². The molecule has 0 atom stereocenters. The maximum atomic E-state index is 13.1. The summed E-state index contributed by atoms with van der Waals surface area (Å²) in [6.45, 7) is 7.61. The fourth-order valence-electron chi connectivity index (χ4n) is 5.47. The van der Waals surface area contributed by atoms with E-state index in [9.17, 15) is 9.59 Å². The van der Waals surface area contributed by atoms with E-state index in [2.05, 4.69) is 23.3 Å². The summed E-state index contributed by atoms with van der Waals surface area (Å²) in [6, 6.07) is 16.0. The van der Waals surface area contributed by atoms with Crippen LogP contribution in [0.15, 0.2) is 48.5 Å². The van der Waals surface area contributed by atoms with Gasteiger partial charge in [0.25, 0.3) is 11.8 Å². The lowest BCUT2D eigenvalue weighted by atomic mass is 9.60. The van der Waals surface area contributed by atoms with Gasteiger partial charge in [0.15, 0.2) is 0 Å². The van der Waals surface area contributed by atoms with Crippen molar-refractivity contribution < 1.29 is 9.59 Å². The molecule has 2 aliphatic rings. The van der Waals surface area contributed by atoms with Gasteiger partial charge < -0.3 is 10.2 Å². The predicted octanol–water partition coefficient (Wildman–Crippen LogP) is 4.97. The van der Waals surface area contributed by atoms with Crippen molar-refractivity contribution in [2.75, 3.05) is 13.1 Å². The molecule has 2 aromatic carbocycles. The summed E-state index contributed by atoms with van der Waals surface area (Å²) in [6.07, 6.45) is 3.97. The van der Waals surface area contributed by atoms with E-state index in [1.165, 1.54) is 5.56 Å². The second-order valence-electron chi connectivity index (χ2n) is 10.0. The number of fused-ring (bicyclic) bond motifs is 1. The average Bonchev–Trinajstić information content (AvgIpc) is 2.79. The Kier molecular flexibility index (Phi) is 5.43. The summed E-state index contributed by atoms with van der Waals surface area (Å²) >= 11 is 0. The lowest BCUT2D eigenvalue weighted by molar-refractivity contribution is 0.00843. The van der Waals surface area contributed by atoms with Gasteiger partial charge in [-0.1, -0.05) is 29.8 Å². The Morgan fingerprint density at radius 2 is 1.76 bits per heavy atom. The van der Waals surface area contributed by atoms with Gasteiger partial charge in [0.1, 0.15) is 5.69 Å². The highest BCUT2D eigenvalue weighted by Gasteiger charge is 2.47. The first-order chi connectivity index (χ1) is 15.8. The summed E-state index contributed by atoms with van der Waals surface area (Å²) < 4.78 is 0. The number of piperidine rings is 1. The molecule has 170 valence electrons. The van der Waals surface area contributed by atoms with Crippen molar-refractivity contribution in [1.82, 2.24) is 15.2 Å². The number of nitrogens with one attached hydrogen (secondary N) is 1. The van der Waals surface area contributed by atoms with Gasteiger partial charge in [-0.2, -0.15) is 0 Å². The van der Waals surface area contributed by atoms with Crippen molar-refractivity contribution in [3.63, 3.8) is 0 Å². The number of rotatable bonds is 3. The first kappa shape index (κ1) is 21.6. The van der Waals surface area contributed by atoms with E-state index >= 15 is 0 Å². The minimum absolute atomic E-state index is 0.0198. The highest BCUT2D eigenvalue weighted by Crippen LogP contribution is 2.49. The Hall–Kier alpha value is -3.21. The number of carbonyl (C=O) groups is 2. The largest absolute Gasteiger partial charge is 0.349 e. The first-order valence-corrected chi connectivity index (χ1v) is 11.9. The predicted molar refractivity (Wildman–Crippen MR) is 130 cm³/mol. The number of hydrogen-bond donors (Lipinski definition) is 1. The average molecular weight is 442 g/mol. The lowest BCUT2D eigenvalue weighted by Gasteiger charge is -2.52. The molecule has 1 spiro atoms. The molecular weight excluding hydrogens is 410 g/mol. The number of pyridine rings is 1. The Morgan fingerprint density at radius 1 is 1.00 bits per heavy atom. The zero-order valence-corrected chi connectivity index (χ0v) is 19.6. The van der Waals surface area contributed by atoms with Crippen molar-refractivity contribution in [2.45, 2.75) is 52.5 Å². The molecule has 2 amide bonds. The summed E-state index contributed by atoms with van der Waals surface area (Å²) in [4.78, 5) is 32.3. The van der Waals surface area contributed by atoms with E-state index in [0.717, 1.165) is 66.4 Å². The molecule has 5 nitrogen and oxygen atoms in total. The molecular formula is C28H31N3O2. The summed E-state index contributed by atoms with van der Waals surface area (Å²) in [5, 5.41) is 4.29. The summed E-state index contributed by atoms with van der Waals surface area (Å²) in [5.41, 5.74) is 5.79. The SMILES string of the molecule is Cc1ccc2nc(C(=O)N3CCC4(CC3)CC(NC(=O)c3cccc(C)c3C)C4)ccc2c1. The van der Waals surface area contributed by atoms with Crippen LogP contribution in [0, 0.1) is 26.2 Å². The second-order valence-corrected chi connectivity index (χ2v) is 10.0. The highest BCUT2D eigenvalue weighted by molar-refractivity contribution is 5.96. The van der Waals surface area contributed by atoms with Gasteiger partial charge >= 0.3 is 0 Å². The van der Waals surface area contributed by atoms with Crippen LogP contribution in [0.25, 0.3) is 10.9 Å². The number of hydrogen-bond acceptors (Lipinski definition) is 3. The summed E-state index contributed by atoms with van der Waals surface area (Å²) in [5.74, 6) is 0.0488. The molecule has 1 saturated carbocycles. The molecule has 2 fully saturated rings. The smallest absolute Gasteiger partial charge is 0.272 e. The van der Waals surface area contributed by atoms with E-state index < -0.39 is 0 Å². The van der Waals surface area contributed by atoms with Crippen LogP contribution in [0.2, 0.25) is 0 Å².